The van der Waals surface area contributed by atoms with Crippen LogP contribution in [-0.2, 0) is 4.79 Å². The summed E-state index contributed by atoms with van der Waals surface area (Å²) in [6.45, 7) is 5.48. The molecule has 1 saturated carbocycles. The lowest BCUT2D eigenvalue weighted by atomic mass is 9.94. The van der Waals surface area contributed by atoms with Crippen LogP contribution < -0.4 is 5.73 Å². The summed E-state index contributed by atoms with van der Waals surface area (Å²) in [5, 5.41) is 10.5. The van der Waals surface area contributed by atoms with Gasteiger partial charge in [-0.05, 0) is 48.9 Å². The Labute approximate surface area is 143 Å². The zero-order valence-electron chi connectivity index (χ0n) is 14.6. The summed E-state index contributed by atoms with van der Waals surface area (Å²) in [5.74, 6) is 0.284. The Kier molecular flexibility index (Phi) is 6.75. The highest BCUT2D eigenvalue weighted by Gasteiger charge is 2.35. The third-order valence-corrected chi connectivity index (χ3v) is 4.82. The quantitative estimate of drug-likeness (QED) is 0.804. The number of aliphatic hydroxyl groups excluding tert-OH is 1. The van der Waals surface area contributed by atoms with Gasteiger partial charge in [0.15, 0.2) is 0 Å². The molecular formula is C19H29FN2O2. The minimum Gasteiger partial charge on any atom is -0.387 e. The topological polar surface area (TPSA) is 66.6 Å². The lowest BCUT2D eigenvalue weighted by Crippen LogP contribution is -2.43. The van der Waals surface area contributed by atoms with Gasteiger partial charge in [-0.25, -0.2) is 4.39 Å². The number of nitrogens with zero attached hydrogens (tertiary/aromatic N) is 1. The molecule has 5 heteroatoms. The fourth-order valence-electron chi connectivity index (χ4n) is 3.57. The van der Waals surface area contributed by atoms with Gasteiger partial charge in [0, 0.05) is 12.5 Å². The fourth-order valence-corrected chi connectivity index (χ4v) is 3.57. The molecule has 24 heavy (non-hydrogen) atoms. The third-order valence-electron chi connectivity index (χ3n) is 4.82. The van der Waals surface area contributed by atoms with Gasteiger partial charge in [-0.1, -0.05) is 32.4 Å². The molecule has 4 nitrogen and oxygen atoms in total. The van der Waals surface area contributed by atoms with Gasteiger partial charge in [0.05, 0.1) is 12.6 Å². The van der Waals surface area contributed by atoms with Gasteiger partial charge in [-0.15, -0.1) is 0 Å². The van der Waals surface area contributed by atoms with E-state index in [1.807, 2.05) is 0 Å². The second-order valence-corrected chi connectivity index (χ2v) is 7.24. The number of benzene rings is 1. The van der Waals surface area contributed by atoms with Crippen LogP contribution in [0.1, 0.15) is 44.8 Å². The Bertz CT molecular complexity index is 533. The Morgan fingerprint density at radius 3 is 2.54 bits per heavy atom. The summed E-state index contributed by atoms with van der Waals surface area (Å²) in [6.07, 6.45) is 2.10. The molecule has 0 aliphatic heterocycles. The van der Waals surface area contributed by atoms with Crippen molar-refractivity contribution < 1.29 is 14.3 Å². The Hall–Kier alpha value is -1.46. The van der Waals surface area contributed by atoms with E-state index < -0.39 is 6.10 Å². The Morgan fingerprint density at radius 1 is 1.29 bits per heavy atom. The minimum atomic E-state index is -0.814. The SMILES string of the molecule is CC(C)CN(CC(O)c1ccc(F)cc1)C(=O)[C@@H]1CCC[C@@H]1CN. The average Bonchev–Trinajstić information content (AvgIpc) is 3.02. The summed E-state index contributed by atoms with van der Waals surface area (Å²) >= 11 is 0. The molecule has 0 radical (unpaired) electrons. The lowest BCUT2D eigenvalue weighted by molar-refractivity contribution is -0.138. The number of hydrogen-bond acceptors (Lipinski definition) is 3. The first-order chi connectivity index (χ1) is 11.4. The summed E-state index contributed by atoms with van der Waals surface area (Å²) < 4.78 is 13.0. The van der Waals surface area contributed by atoms with E-state index in [0.717, 1.165) is 19.3 Å². The molecule has 0 bridgehead atoms. The maximum atomic E-state index is 13.0. The number of nitrogens with two attached hydrogens (primary N) is 1. The molecule has 3 atom stereocenters. The molecule has 1 amide bonds. The van der Waals surface area contributed by atoms with Crippen molar-refractivity contribution in [1.82, 2.24) is 4.90 Å². The van der Waals surface area contributed by atoms with E-state index in [2.05, 4.69) is 13.8 Å². The van der Waals surface area contributed by atoms with Gasteiger partial charge in [0.1, 0.15) is 5.82 Å². The minimum absolute atomic E-state index is 0.0332. The van der Waals surface area contributed by atoms with Crippen molar-refractivity contribution in [3.8, 4) is 0 Å². The highest BCUT2D eigenvalue weighted by Crippen LogP contribution is 2.33. The molecule has 0 aromatic heterocycles. The molecular weight excluding hydrogens is 307 g/mol. The van der Waals surface area contributed by atoms with Gasteiger partial charge in [0.25, 0.3) is 0 Å². The normalized spacial score (nSPS) is 21.9. The summed E-state index contributed by atoms with van der Waals surface area (Å²) in [5.41, 5.74) is 6.44. The molecule has 1 aliphatic rings. The molecule has 2 rings (SSSR count). The lowest BCUT2D eigenvalue weighted by Gasteiger charge is -2.31. The van der Waals surface area contributed by atoms with Crippen LogP contribution in [0.3, 0.4) is 0 Å². The van der Waals surface area contributed by atoms with Crippen molar-refractivity contribution in [3.05, 3.63) is 35.6 Å². The Morgan fingerprint density at radius 2 is 1.96 bits per heavy atom. The molecule has 0 spiro atoms. The van der Waals surface area contributed by atoms with Crippen LogP contribution in [-0.4, -0.2) is 35.5 Å². The van der Waals surface area contributed by atoms with Crippen LogP contribution in [0.2, 0.25) is 0 Å². The van der Waals surface area contributed by atoms with Gasteiger partial charge in [-0.3, -0.25) is 4.79 Å². The van der Waals surface area contributed by atoms with Gasteiger partial charge in [-0.2, -0.15) is 0 Å². The number of aliphatic hydroxyl groups is 1. The van der Waals surface area contributed by atoms with Crippen molar-refractivity contribution in [2.45, 2.75) is 39.2 Å². The number of rotatable bonds is 7. The van der Waals surface area contributed by atoms with E-state index in [9.17, 15) is 14.3 Å². The highest BCUT2D eigenvalue weighted by atomic mass is 19.1. The number of amides is 1. The molecule has 1 aromatic rings. The number of carbonyl (C=O) groups excluding carboxylic acids is 1. The monoisotopic (exact) mass is 336 g/mol. The van der Waals surface area contributed by atoms with Crippen LogP contribution in [0, 0.1) is 23.6 Å². The summed E-state index contributed by atoms with van der Waals surface area (Å²) in [6, 6.07) is 5.79. The van der Waals surface area contributed by atoms with E-state index in [0.29, 0.717) is 24.6 Å². The molecule has 1 aromatic carbocycles. The van der Waals surface area contributed by atoms with E-state index in [1.165, 1.54) is 12.1 Å². The van der Waals surface area contributed by atoms with Crippen molar-refractivity contribution >= 4 is 5.91 Å². The zero-order chi connectivity index (χ0) is 17.7. The number of hydrogen-bond donors (Lipinski definition) is 2. The van der Waals surface area contributed by atoms with Crippen molar-refractivity contribution in [2.75, 3.05) is 19.6 Å². The van der Waals surface area contributed by atoms with Crippen LogP contribution >= 0.6 is 0 Å². The largest absolute Gasteiger partial charge is 0.387 e. The maximum Gasteiger partial charge on any atom is 0.226 e. The molecule has 134 valence electrons. The standard InChI is InChI=1S/C19H29FN2O2/c1-13(2)11-22(19(24)17-5-3-4-15(17)10-21)12-18(23)14-6-8-16(20)9-7-14/h6-9,13,15,17-18,23H,3-5,10-12,21H2,1-2H3/t15-,17-,18?/m1/s1. The maximum absolute atomic E-state index is 13.0. The summed E-state index contributed by atoms with van der Waals surface area (Å²) in [4.78, 5) is 14.7. The molecule has 0 saturated heterocycles. The van der Waals surface area contributed by atoms with E-state index >= 15 is 0 Å². The first kappa shape index (κ1) is 18.9. The van der Waals surface area contributed by atoms with E-state index in [-0.39, 0.29) is 30.1 Å². The second-order valence-electron chi connectivity index (χ2n) is 7.24. The van der Waals surface area contributed by atoms with Crippen LogP contribution in [0.25, 0.3) is 0 Å². The van der Waals surface area contributed by atoms with Gasteiger partial charge < -0.3 is 15.7 Å². The third kappa shape index (κ3) is 4.77. The molecule has 1 aliphatic carbocycles. The second kappa shape index (κ2) is 8.58. The van der Waals surface area contributed by atoms with E-state index in [1.54, 1.807) is 17.0 Å². The molecule has 3 N–H and O–H groups in total. The number of carbonyl (C=O) groups is 1. The first-order valence-corrected chi connectivity index (χ1v) is 8.84. The van der Waals surface area contributed by atoms with Crippen LogP contribution in [0.15, 0.2) is 24.3 Å². The predicted octanol–water partition coefficient (Wildman–Crippen LogP) is 2.72. The highest BCUT2D eigenvalue weighted by molar-refractivity contribution is 5.79. The van der Waals surface area contributed by atoms with Crippen molar-refractivity contribution in [2.24, 2.45) is 23.5 Å². The predicted molar refractivity (Wildman–Crippen MR) is 92.7 cm³/mol. The smallest absolute Gasteiger partial charge is 0.226 e. The molecule has 1 fully saturated rings. The van der Waals surface area contributed by atoms with Gasteiger partial charge in [0.2, 0.25) is 5.91 Å². The molecule has 0 heterocycles. The van der Waals surface area contributed by atoms with Gasteiger partial charge >= 0.3 is 0 Å². The fraction of sp³-hybridized carbons (Fsp3) is 0.632. The first-order valence-electron chi connectivity index (χ1n) is 8.84. The number of halogens is 1. The van der Waals surface area contributed by atoms with Crippen molar-refractivity contribution in [1.29, 1.82) is 0 Å². The Balaban J connectivity index is 2.09. The summed E-state index contributed by atoms with van der Waals surface area (Å²) in [7, 11) is 0. The van der Waals surface area contributed by atoms with Crippen molar-refractivity contribution in [3.63, 3.8) is 0 Å². The molecule has 1 unspecified atom stereocenters. The van der Waals surface area contributed by atoms with Crippen LogP contribution in [0.5, 0.6) is 0 Å². The van der Waals surface area contributed by atoms with Crippen LogP contribution in [0.4, 0.5) is 4.39 Å². The zero-order valence-corrected chi connectivity index (χ0v) is 14.6. The average molecular weight is 336 g/mol. The van der Waals surface area contributed by atoms with E-state index in [4.69, 9.17) is 5.73 Å².